The zero-order valence-corrected chi connectivity index (χ0v) is 22.2. The minimum absolute atomic E-state index is 0.207. The first kappa shape index (κ1) is 27.0. The Bertz CT molecular complexity index is 1430. The van der Waals surface area contributed by atoms with Gasteiger partial charge in [-0.1, -0.05) is 38.3 Å². The maximum Gasteiger partial charge on any atom is 0.266 e. The zero-order chi connectivity index (χ0) is 27.1. The van der Waals surface area contributed by atoms with Crippen LogP contribution in [0.15, 0.2) is 77.6 Å². The Morgan fingerprint density at radius 2 is 1.68 bits per heavy atom. The van der Waals surface area contributed by atoms with E-state index in [0.29, 0.717) is 46.9 Å². The molecule has 0 aliphatic heterocycles. The standard InChI is InChI=1S/C31H34FN3O3/c1-4-6-7-10-21-34(30(36)23-13-15-24(32)16-14-23)22(3)29-33-28-12-9-8-11-27(28)31(37)35(29)25-17-19-26(20-18-25)38-5-2/h8-9,11-20,22H,4-7,10,21H2,1-3H3. The molecule has 1 unspecified atom stereocenters. The van der Waals surface area contributed by atoms with E-state index in [4.69, 9.17) is 9.72 Å². The van der Waals surface area contributed by atoms with Crippen molar-refractivity contribution >= 4 is 16.8 Å². The summed E-state index contributed by atoms with van der Waals surface area (Å²) in [6.45, 7) is 6.97. The summed E-state index contributed by atoms with van der Waals surface area (Å²) in [5.41, 5.74) is 1.40. The molecule has 4 rings (SSSR count). The number of unbranched alkanes of at least 4 members (excludes halogenated alkanes) is 3. The molecule has 38 heavy (non-hydrogen) atoms. The van der Waals surface area contributed by atoms with Crippen LogP contribution in [0.4, 0.5) is 4.39 Å². The molecule has 0 spiro atoms. The second-order valence-corrected chi connectivity index (χ2v) is 9.30. The summed E-state index contributed by atoms with van der Waals surface area (Å²) in [6.07, 6.45) is 3.93. The van der Waals surface area contributed by atoms with E-state index in [1.807, 2.05) is 56.3 Å². The molecule has 1 amide bonds. The van der Waals surface area contributed by atoms with E-state index < -0.39 is 11.9 Å². The Hall–Kier alpha value is -4.00. The predicted octanol–water partition coefficient (Wildman–Crippen LogP) is 6.71. The van der Waals surface area contributed by atoms with Gasteiger partial charge in [0, 0.05) is 12.1 Å². The van der Waals surface area contributed by atoms with Gasteiger partial charge in [0.15, 0.2) is 0 Å². The van der Waals surface area contributed by atoms with Crippen LogP contribution >= 0.6 is 0 Å². The molecule has 0 aliphatic rings. The number of fused-ring (bicyclic) bond motifs is 1. The Morgan fingerprint density at radius 1 is 0.974 bits per heavy atom. The molecule has 1 atom stereocenters. The van der Waals surface area contributed by atoms with Crippen molar-refractivity contribution in [3.8, 4) is 11.4 Å². The summed E-state index contributed by atoms with van der Waals surface area (Å²) in [5, 5.41) is 0.497. The van der Waals surface area contributed by atoms with E-state index in [0.717, 1.165) is 25.7 Å². The van der Waals surface area contributed by atoms with E-state index in [2.05, 4.69) is 6.92 Å². The van der Waals surface area contributed by atoms with Gasteiger partial charge >= 0.3 is 0 Å². The average Bonchev–Trinajstić information content (AvgIpc) is 2.93. The van der Waals surface area contributed by atoms with E-state index >= 15 is 0 Å². The monoisotopic (exact) mass is 515 g/mol. The van der Waals surface area contributed by atoms with Crippen molar-refractivity contribution in [2.24, 2.45) is 0 Å². The Morgan fingerprint density at radius 3 is 2.37 bits per heavy atom. The lowest BCUT2D eigenvalue weighted by molar-refractivity contribution is 0.0677. The number of halogens is 1. The maximum atomic E-state index is 13.8. The number of hydrogen-bond donors (Lipinski definition) is 0. The largest absolute Gasteiger partial charge is 0.494 e. The normalized spacial score (nSPS) is 11.9. The molecule has 0 saturated carbocycles. The Balaban J connectivity index is 1.83. The van der Waals surface area contributed by atoms with Gasteiger partial charge in [-0.3, -0.25) is 14.2 Å². The number of amides is 1. The van der Waals surface area contributed by atoms with Gasteiger partial charge in [-0.25, -0.2) is 9.37 Å². The second-order valence-electron chi connectivity index (χ2n) is 9.30. The van der Waals surface area contributed by atoms with Crippen molar-refractivity contribution in [1.82, 2.24) is 14.5 Å². The van der Waals surface area contributed by atoms with Crippen LogP contribution in [0.25, 0.3) is 16.6 Å². The van der Waals surface area contributed by atoms with Gasteiger partial charge in [0.05, 0.1) is 29.2 Å². The molecule has 6 nitrogen and oxygen atoms in total. The number of aromatic nitrogens is 2. The average molecular weight is 516 g/mol. The summed E-state index contributed by atoms with van der Waals surface area (Å²) in [5.74, 6) is 0.541. The van der Waals surface area contributed by atoms with Gasteiger partial charge in [0.25, 0.3) is 11.5 Å². The van der Waals surface area contributed by atoms with Crippen LogP contribution in [0.1, 0.15) is 68.7 Å². The molecular formula is C31H34FN3O3. The summed E-state index contributed by atoms with van der Waals surface area (Å²) >= 11 is 0. The number of carbonyl (C=O) groups is 1. The minimum atomic E-state index is -0.530. The smallest absolute Gasteiger partial charge is 0.266 e. The van der Waals surface area contributed by atoms with Crippen LogP contribution < -0.4 is 10.3 Å². The van der Waals surface area contributed by atoms with Crippen molar-refractivity contribution in [2.45, 2.75) is 52.5 Å². The van der Waals surface area contributed by atoms with E-state index in [9.17, 15) is 14.0 Å². The van der Waals surface area contributed by atoms with Crippen LogP contribution in [0, 0.1) is 5.82 Å². The molecule has 4 aromatic rings. The fraction of sp³-hybridized carbons (Fsp3) is 0.323. The number of benzene rings is 3. The third-order valence-electron chi connectivity index (χ3n) is 6.65. The third-order valence-corrected chi connectivity index (χ3v) is 6.65. The highest BCUT2D eigenvalue weighted by atomic mass is 19.1. The van der Waals surface area contributed by atoms with Gasteiger partial charge in [-0.15, -0.1) is 0 Å². The molecule has 0 bridgehead atoms. The van der Waals surface area contributed by atoms with Gasteiger partial charge in [0.2, 0.25) is 0 Å². The SMILES string of the molecule is CCCCCCN(C(=O)c1ccc(F)cc1)C(C)c1nc2ccccc2c(=O)n1-c1ccc(OCC)cc1. The first-order valence-electron chi connectivity index (χ1n) is 13.3. The fourth-order valence-corrected chi connectivity index (χ4v) is 4.62. The molecule has 0 radical (unpaired) electrons. The number of carbonyl (C=O) groups excluding carboxylic acids is 1. The third kappa shape index (κ3) is 5.93. The highest BCUT2D eigenvalue weighted by molar-refractivity contribution is 5.94. The van der Waals surface area contributed by atoms with Crippen molar-refractivity contribution < 1.29 is 13.9 Å². The molecule has 0 aliphatic carbocycles. The second kappa shape index (κ2) is 12.5. The van der Waals surface area contributed by atoms with E-state index in [1.54, 1.807) is 15.5 Å². The van der Waals surface area contributed by atoms with Gasteiger partial charge < -0.3 is 9.64 Å². The van der Waals surface area contributed by atoms with Gasteiger partial charge in [0.1, 0.15) is 17.4 Å². The van der Waals surface area contributed by atoms with Gasteiger partial charge in [-0.05, 0) is 80.9 Å². The van der Waals surface area contributed by atoms with Crippen molar-refractivity contribution in [3.05, 3.63) is 100 Å². The number of hydrogen-bond acceptors (Lipinski definition) is 4. The van der Waals surface area contributed by atoms with E-state index in [-0.39, 0.29) is 11.5 Å². The molecule has 198 valence electrons. The van der Waals surface area contributed by atoms with Crippen LogP contribution in [0.5, 0.6) is 5.75 Å². The predicted molar refractivity (Wildman–Crippen MR) is 149 cm³/mol. The highest BCUT2D eigenvalue weighted by Gasteiger charge is 2.27. The molecule has 1 heterocycles. The molecule has 0 fully saturated rings. The number of para-hydroxylation sites is 1. The van der Waals surface area contributed by atoms with Crippen LogP contribution in [0.2, 0.25) is 0 Å². The first-order valence-corrected chi connectivity index (χ1v) is 13.3. The lowest BCUT2D eigenvalue weighted by atomic mass is 10.1. The summed E-state index contributed by atoms with van der Waals surface area (Å²) in [6, 6.07) is 19.6. The van der Waals surface area contributed by atoms with Crippen LogP contribution in [-0.2, 0) is 0 Å². The molecule has 7 heteroatoms. The minimum Gasteiger partial charge on any atom is -0.494 e. The number of nitrogens with zero attached hydrogens (tertiary/aromatic N) is 3. The summed E-state index contributed by atoms with van der Waals surface area (Å²) in [7, 11) is 0. The summed E-state index contributed by atoms with van der Waals surface area (Å²) < 4.78 is 20.8. The zero-order valence-electron chi connectivity index (χ0n) is 22.2. The molecule has 0 saturated heterocycles. The molecule has 3 aromatic carbocycles. The maximum absolute atomic E-state index is 13.8. The van der Waals surface area contributed by atoms with Crippen molar-refractivity contribution in [3.63, 3.8) is 0 Å². The fourth-order valence-electron chi connectivity index (χ4n) is 4.62. The first-order chi connectivity index (χ1) is 18.4. The Kier molecular flexibility index (Phi) is 8.89. The van der Waals surface area contributed by atoms with Crippen LogP contribution in [-0.4, -0.2) is 33.5 Å². The van der Waals surface area contributed by atoms with E-state index in [1.165, 1.54) is 24.3 Å². The molecular weight excluding hydrogens is 481 g/mol. The number of rotatable bonds is 11. The Labute approximate surface area is 222 Å². The topological polar surface area (TPSA) is 64.4 Å². The highest BCUT2D eigenvalue weighted by Crippen LogP contribution is 2.26. The van der Waals surface area contributed by atoms with Crippen molar-refractivity contribution in [1.29, 1.82) is 0 Å². The number of ether oxygens (including phenoxy) is 1. The van der Waals surface area contributed by atoms with Crippen molar-refractivity contribution in [2.75, 3.05) is 13.2 Å². The lowest BCUT2D eigenvalue weighted by Crippen LogP contribution is -2.38. The van der Waals surface area contributed by atoms with Crippen LogP contribution in [0.3, 0.4) is 0 Å². The van der Waals surface area contributed by atoms with Gasteiger partial charge in [-0.2, -0.15) is 0 Å². The molecule has 1 aromatic heterocycles. The summed E-state index contributed by atoms with van der Waals surface area (Å²) in [4.78, 5) is 34.2. The molecule has 0 N–H and O–H groups in total. The quantitative estimate of drug-likeness (QED) is 0.208. The lowest BCUT2D eigenvalue weighted by Gasteiger charge is -2.31.